The highest BCUT2D eigenvalue weighted by atomic mass is 35.5. The molecule has 1 aliphatic carbocycles. The number of aryl methyl sites for hydroxylation is 1. The van der Waals surface area contributed by atoms with Gasteiger partial charge in [-0.15, -0.1) is 12.4 Å². The average molecular weight is 367 g/mol. The van der Waals surface area contributed by atoms with Gasteiger partial charge in [-0.1, -0.05) is 29.8 Å². The van der Waals surface area contributed by atoms with Crippen LogP contribution in [0.2, 0.25) is 0 Å². The Bertz CT molecular complexity index is 525. The van der Waals surface area contributed by atoms with Gasteiger partial charge in [-0.2, -0.15) is 0 Å². The van der Waals surface area contributed by atoms with E-state index in [1.54, 1.807) is 0 Å². The van der Waals surface area contributed by atoms with E-state index in [2.05, 4.69) is 36.5 Å². The summed E-state index contributed by atoms with van der Waals surface area (Å²) < 4.78 is 5.74. The predicted molar refractivity (Wildman–Crippen MR) is 103 cm³/mol. The van der Waals surface area contributed by atoms with Crippen LogP contribution in [0.5, 0.6) is 0 Å². The topological polar surface area (TPSA) is 41.6 Å². The first-order chi connectivity index (χ1) is 11.7. The fourth-order valence-corrected chi connectivity index (χ4v) is 3.19. The van der Waals surface area contributed by atoms with Gasteiger partial charge in [0.2, 0.25) is 5.91 Å². The van der Waals surface area contributed by atoms with Crippen LogP contribution in [0.15, 0.2) is 24.3 Å². The number of carbonyl (C=O) groups excluding carboxylic acids is 1. The van der Waals surface area contributed by atoms with Gasteiger partial charge in [-0.3, -0.25) is 4.79 Å². The molecule has 1 amide bonds. The van der Waals surface area contributed by atoms with Gasteiger partial charge in [-0.25, -0.2) is 0 Å². The zero-order valence-corrected chi connectivity index (χ0v) is 16.0. The van der Waals surface area contributed by atoms with Gasteiger partial charge < -0.3 is 15.0 Å². The Morgan fingerprint density at radius 3 is 2.64 bits per heavy atom. The fourth-order valence-electron chi connectivity index (χ4n) is 3.19. The Balaban J connectivity index is 0.00000225. The number of amides is 1. The molecule has 5 heteroatoms. The Morgan fingerprint density at radius 2 is 2.00 bits per heavy atom. The van der Waals surface area contributed by atoms with Crippen LogP contribution in [0.1, 0.15) is 36.8 Å². The van der Waals surface area contributed by atoms with Gasteiger partial charge in [0, 0.05) is 19.7 Å². The molecule has 1 N–H and O–H groups in total. The van der Waals surface area contributed by atoms with E-state index in [1.165, 1.54) is 24.0 Å². The maximum Gasteiger partial charge on any atom is 0.236 e. The van der Waals surface area contributed by atoms with Gasteiger partial charge in [0.1, 0.15) is 0 Å². The van der Waals surface area contributed by atoms with E-state index in [0.717, 1.165) is 51.4 Å². The van der Waals surface area contributed by atoms with Crippen molar-refractivity contribution in [1.29, 1.82) is 0 Å². The molecular formula is C20H31ClN2O2. The van der Waals surface area contributed by atoms with Crippen molar-refractivity contribution >= 4 is 18.3 Å². The highest BCUT2D eigenvalue weighted by Crippen LogP contribution is 2.27. The molecule has 2 fully saturated rings. The molecule has 0 radical (unpaired) electrons. The normalized spacial score (nSPS) is 19.5. The maximum absolute atomic E-state index is 12.6. The molecule has 1 atom stereocenters. The number of ether oxygens (including phenoxy) is 1. The van der Waals surface area contributed by atoms with Gasteiger partial charge in [0.05, 0.1) is 12.6 Å². The second-order valence-electron chi connectivity index (χ2n) is 7.28. The van der Waals surface area contributed by atoms with Crippen LogP contribution in [0.25, 0.3) is 0 Å². The number of nitrogens with one attached hydrogen (secondary N) is 1. The molecule has 4 nitrogen and oxygen atoms in total. The van der Waals surface area contributed by atoms with Gasteiger partial charge in [0.15, 0.2) is 0 Å². The zero-order valence-electron chi connectivity index (χ0n) is 15.2. The first-order valence-electron chi connectivity index (χ1n) is 9.36. The van der Waals surface area contributed by atoms with Crippen molar-refractivity contribution in [3.8, 4) is 0 Å². The summed E-state index contributed by atoms with van der Waals surface area (Å²) in [5, 5.41) is 3.33. The largest absolute Gasteiger partial charge is 0.376 e. The number of hydrogen-bond donors (Lipinski definition) is 1. The minimum atomic E-state index is 0. The number of hydrogen-bond acceptors (Lipinski definition) is 3. The van der Waals surface area contributed by atoms with Crippen LogP contribution in [-0.2, 0) is 16.0 Å². The quantitative estimate of drug-likeness (QED) is 0.730. The predicted octanol–water partition coefficient (Wildman–Crippen LogP) is 2.97. The molecular weight excluding hydrogens is 336 g/mol. The lowest BCUT2D eigenvalue weighted by Gasteiger charge is -2.26. The summed E-state index contributed by atoms with van der Waals surface area (Å²) in [4.78, 5) is 14.6. The smallest absolute Gasteiger partial charge is 0.236 e. The lowest BCUT2D eigenvalue weighted by Crippen LogP contribution is -2.43. The van der Waals surface area contributed by atoms with Crippen molar-refractivity contribution in [1.82, 2.24) is 10.2 Å². The van der Waals surface area contributed by atoms with Crippen LogP contribution in [0.3, 0.4) is 0 Å². The first-order valence-corrected chi connectivity index (χ1v) is 9.36. The minimum absolute atomic E-state index is 0. The van der Waals surface area contributed by atoms with Crippen molar-refractivity contribution < 1.29 is 9.53 Å². The molecule has 1 aromatic carbocycles. The highest BCUT2D eigenvalue weighted by Gasteiger charge is 2.24. The Hall–Kier alpha value is -1.10. The van der Waals surface area contributed by atoms with E-state index >= 15 is 0 Å². The molecule has 140 valence electrons. The SMILES string of the molecule is Cc1ccc(CCN(CC2CCCO2)C(=O)CNCC2CC2)cc1.Cl. The first kappa shape index (κ1) is 20.2. The Labute approximate surface area is 157 Å². The van der Waals surface area contributed by atoms with Crippen molar-refractivity contribution in [2.45, 2.75) is 45.1 Å². The van der Waals surface area contributed by atoms with E-state index in [1.807, 2.05) is 4.90 Å². The molecule has 1 unspecified atom stereocenters. The van der Waals surface area contributed by atoms with Crippen LogP contribution in [0, 0.1) is 12.8 Å². The number of benzene rings is 1. The second kappa shape index (κ2) is 10.1. The summed E-state index contributed by atoms with van der Waals surface area (Å²) in [5.41, 5.74) is 2.56. The molecule has 0 bridgehead atoms. The molecule has 0 spiro atoms. The third kappa shape index (κ3) is 6.96. The fraction of sp³-hybridized carbons (Fsp3) is 0.650. The monoisotopic (exact) mass is 366 g/mol. The van der Waals surface area contributed by atoms with Crippen LogP contribution in [-0.4, -0.2) is 49.7 Å². The van der Waals surface area contributed by atoms with Crippen molar-refractivity contribution in [3.63, 3.8) is 0 Å². The standard InChI is InChI=1S/C20H30N2O2.ClH/c1-16-4-6-17(7-5-16)10-11-22(15-19-3-2-12-24-19)20(23)14-21-13-18-8-9-18;/h4-7,18-19,21H,2-3,8-15H2,1H3;1H. The van der Waals surface area contributed by atoms with Crippen molar-refractivity contribution in [3.05, 3.63) is 35.4 Å². The lowest BCUT2D eigenvalue weighted by molar-refractivity contribution is -0.131. The summed E-state index contributed by atoms with van der Waals surface area (Å²) in [5.74, 6) is 1.01. The molecule has 25 heavy (non-hydrogen) atoms. The summed E-state index contributed by atoms with van der Waals surface area (Å²) >= 11 is 0. The van der Waals surface area contributed by atoms with Crippen LogP contribution < -0.4 is 5.32 Å². The summed E-state index contributed by atoms with van der Waals surface area (Å²) in [6, 6.07) is 8.60. The van der Waals surface area contributed by atoms with Gasteiger partial charge >= 0.3 is 0 Å². The summed E-state index contributed by atoms with van der Waals surface area (Å²) in [7, 11) is 0. The van der Waals surface area contributed by atoms with E-state index in [4.69, 9.17) is 4.74 Å². The third-order valence-corrected chi connectivity index (χ3v) is 5.00. The maximum atomic E-state index is 12.6. The molecule has 1 heterocycles. The zero-order chi connectivity index (χ0) is 16.8. The molecule has 0 aromatic heterocycles. The number of rotatable bonds is 9. The third-order valence-electron chi connectivity index (χ3n) is 5.00. The summed E-state index contributed by atoms with van der Waals surface area (Å²) in [6.45, 7) is 5.88. The minimum Gasteiger partial charge on any atom is -0.376 e. The highest BCUT2D eigenvalue weighted by molar-refractivity contribution is 5.85. The molecule has 1 aromatic rings. The van der Waals surface area contributed by atoms with Crippen LogP contribution in [0.4, 0.5) is 0 Å². The van der Waals surface area contributed by atoms with E-state index in [9.17, 15) is 4.79 Å². The van der Waals surface area contributed by atoms with E-state index < -0.39 is 0 Å². The second-order valence-corrected chi connectivity index (χ2v) is 7.28. The molecule has 1 saturated heterocycles. The van der Waals surface area contributed by atoms with Gasteiger partial charge in [0.25, 0.3) is 0 Å². The van der Waals surface area contributed by atoms with Crippen molar-refractivity contribution in [2.24, 2.45) is 5.92 Å². The van der Waals surface area contributed by atoms with E-state index in [0.29, 0.717) is 6.54 Å². The molecule has 1 aliphatic heterocycles. The summed E-state index contributed by atoms with van der Waals surface area (Å²) in [6.07, 6.45) is 5.94. The van der Waals surface area contributed by atoms with Crippen LogP contribution >= 0.6 is 12.4 Å². The number of carbonyl (C=O) groups is 1. The molecule has 2 aliphatic rings. The molecule has 3 rings (SSSR count). The number of halogens is 1. The Kier molecular flexibility index (Phi) is 8.20. The van der Waals surface area contributed by atoms with Crippen molar-refractivity contribution in [2.75, 3.05) is 32.8 Å². The van der Waals surface area contributed by atoms with Gasteiger partial charge in [-0.05, 0) is 57.1 Å². The lowest BCUT2D eigenvalue weighted by atomic mass is 10.1. The Morgan fingerprint density at radius 1 is 1.24 bits per heavy atom. The average Bonchev–Trinajstić information content (AvgIpc) is 3.26. The molecule has 1 saturated carbocycles. The number of nitrogens with zero attached hydrogens (tertiary/aromatic N) is 1. The van der Waals surface area contributed by atoms with E-state index in [-0.39, 0.29) is 24.4 Å².